The fourth-order valence-electron chi connectivity index (χ4n) is 0.590. The molecule has 0 amide bonds. The third-order valence-corrected chi connectivity index (χ3v) is 1.61. The summed E-state index contributed by atoms with van der Waals surface area (Å²) in [6.45, 7) is 2.12. The van der Waals surface area contributed by atoms with Gasteiger partial charge in [-0.15, -0.1) is 0 Å². The average molecular weight is 162 g/mol. The molecule has 0 aliphatic rings. The van der Waals surface area contributed by atoms with Crippen LogP contribution < -0.4 is 0 Å². The molecule has 0 saturated heterocycles. The second-order valence-corrected chi connectivity index (χ2v) is 3.08. The summed E-state index contributed by atoms with van der Waals surface area (Å²) >= 11 is -1.66. The maximum Gasteiger partial charge on any atom is 0.156 e. The molecule has 0 aromatic rings. The Morgan fingerprint density at radius 2 is 2.20 bits per heavy atom. The molecule has 0 aliphatic heterocycles. The standard InChI is InChI=1S/C7H14O2S/c1-2-3-4-5-6-7-10(8)9/h5-6H,2-4,7H2,1H3,(H,8,9)/b6-5+. The molecule has 0 aliphatic carbocycles. The lowest BCUT2D eigenvalue weighted by Gasteiger charge is -1.87. The minimum absolute atomic E-state index is 0.268. The number of allylic oxidation sites excluding steroid dienone is 1. The molecule has 1 atom stereocenters. The molecule has 0 heterocycles. The van der Waals surface area contributed by atoms with E-state index in [2.05, 4.69) is 6.92 Å². The van der Waals surface area contributed by atoms with Crippen LogP contribution in [0.1, 0.15) is 26.2 Å². The van der Waals surface area contributed by atoms with Crippen molar-refractivity contribution in [1.29, 1.82) is 0 Å². The Kier molecular flexibility index (Phi) is 6.86. The topological polar surface area (TPSA) is 37.3 Å². The van der Waals surface area contributed by atoms with Crippen molar-refractivity contribution in [3.05, 3.63) is 12.2 Å². The van der Waals surface area contributed by atoms with Crippen LogP contribution in [0.25, 0.3) is 0 Å². The van der Waals surface area contributed by atoms with Crippen molar-refractivity contribution in [1.82, 2.24) is 0 Å². The lowest BCUT2D eigenvalue weighted by atomic mass is 10.2. The first kappa shape index (κ1) is 9.85. The van der Waals surface area contributed by atoms with E-state index in [0.29, 0.717) is 0 Å². The first-order chi connectivity index (χ1) is 4.77. The van der Waals surface area contributed by atoms with E-state index in [4.69, 9.17) is 4.55 Å². The van der Waals surface area contributed by atoms with E-state index < -0.39 is 11.1 Å². The SMILES string of the molecule is CCCC/C=C/CS(=O)O. The van der Waals surface area contributed by atoms with Crippen LogP contribution in [-0.4, -0.2) is 14.5 Å². The van der Waals surface area contributed by atoms with Crippen LogP contribution in [0, 0.1) is 0 Å². The van der Waals surface area contributed by atoms with Crippen LogP contribution >= 0.6 is 0 Å². The first-order valence-electron chi connectivity index (χ1n) is 3.49. The Bertz CT molecular complexity index is 121. The zero-order valence-corrected chi connectivity index (χ0v) is 7.06. The van der Waals surface area contributed by atoms with E-state index in [9.17, 15) is 4.21 Å². The Hall–Kier alpha value is -0.150. The predicted molar refractivity (Wildman–Crippen MR) is 44.3 cm³/mol. The fraction of sp³-hybridized carbons (Fsp3) is 0.714. The molecule has 0 rings (SSSR count). The van der Waals surface area contributed by atoms with E-state index in [0.717, 1.165) is 12.8 Å². The second-order valence-electron chi connectivity index (χ2n) is 2.10. The normalized spacial score (nSPS) is 14.2. The van der Waals surface area contributed by atoms with Gasteiger partial charge in [-0.1, -0.05) is 31.9 Å². The third kappa shape index (κ3) is 7.85. The minimum Gasteiger partial charge on any atom is -0.306 e. The zero-order chi connectivity index (χ0) is 7.82. The van der Waals surface area contributed by atoms with Gasteiger partial charge in [0, 0.05) is 0 Å². The molecule has 1 unspecified atom stereocenters. The summed E-state index contributed by atoms with van der Waals surface area (Å²) in [5, 5.41) is 0. The fourth-order valence-corrected chi connectivity index (χ4v) is 0.891. The quantitative estimate of drug-likeness (QED) is 0.381. The van der Waals surface area contributed by atoms with Gasteiger partial charge < -0.3 is 4.55 Å². The monoisotopic (exact) mass is 162 g/mol. The van der Waals surface area contributed by atoms with E-state index in [1.165, 1.54) is 6.42 Å². The predicted octanol–water partition coefficient (Wildman–Crippen LogP) is 1.95. The van der Waals surface area contributed by atoms with Gasteiger partial charge in [-0.3, -0.25) is 0 Å². The molecule has 0 spiro atoms. The molecule has 2 nitrogen and oxygen atoms in total. The number of rotatable bonds is 5. The van der Waals surface area contributed by atoms with Crippen molar-refractivity contribution >= 4 is 11.1 Å². The van der Waals surface area contributed by atoms with Crippen molar-refractivity contribution in [2.45, 2.75) is 26.2 Å². The van der Waals surface area contributed by atoms with Gasteiger partial charge in [-0.05, 0) is 6.42 Å². The molecular weight excluding hydrogens is 148 g/mol. The van der Waals surface area contributed by atoms with Gasteiger partial charge in [0.15, 0.2) is 11.1 Å². The molecule has 1 N–H and O–H groups in total. The molecular formula is C7H14O2S. The van der Waals surface area contributed by atoms with Crippen LogP contribution in [0.2, 0.25) is 0 Å². The lowest BCUT2D eigenvalue weighted by Crippen LogP contribution is -1.88. The van der Waals surface area contributed by atoms with Crippen molar-refractivity contribution < 1.29 is 8.76 Å². The maximum atomic E-state index is 10.1. The molecule has 0 radical (unpaired) electrons. The van der Waals surface area contributed by atoms with Crippen LogP contribution in [0.5, 0.6) is 0 Å². The summed E-state index contributed by atoms with van der Waals surface area (Å²) < 4.78 is 18.4. The first-order valence-corrected chi connectivity index (χ1v) is 4.77. The highest BCUT2D eigenvalue weighted by Gasteiger charge is 1.84. The largest absolute Gasteiger partial charge is 0.306 e. The number of hydrogen-bond donors (Lipinski definition) is 1. The van der Waals surface area contributed by atoms with E-state index in [-0.39, 0.29) is 5.75 Å². The molecule has 0 fully saturated rings. The van der Waals surface area contributed by atoms with Gasteiger partial charge in [0.1, 0.15) is 0 Å². The molecule has 3 heteroatoms. The summed E-state index contributed by atoms with van der Waals surface area (Å²) in [6, 6.07) is 0. The van der Waals surface area contributed by atoms with Crippen molar-refractivity contribution in [3.8, 4) is 0 Å². The molecule has 10 heavy (non-hydrogen) atoms. The Morgan fingerprint density at radius 3 is 2.70 bits per heavy atom. The average Bonchev–Trinajstić information content (AvgIpc) is 1.87. The number of unbranched alkanes of at least 4 members (excludes halogenated alkanes) is 2. The molecule has 0 aromatic carbocycles. The molecule has 0 bridgehead atoms. The van der Waals surface area contributed by atoms with Crippen LogP contribution in [0.4, 0.5) is 0 Å². The van der Waals surface area contributed by atoms with Crippen LogP contribution in [0.15, 0.2) is 12.2 Å². The summed E-state index contributed by atoms with van der Waals surface area (Å²) in [7, 11) is 0. The van der Waals surface area contributed by atoms with Gasteiger partial charge in [0.2, 0.25) is 0 Å². The summed E-state index contributed by atoms with van der Waals surface area (Å²) in [6.07, 6.45) is 7.07. The highest BCUT2D eigenvalue weighted by Crippen LogP contribution is 1.94. The smallest absolute Gasteiger partial charge is 0.156 e. The Balaban J connectivity index is 3.12. The Labute approximate surface area is 64.6 Å². The number of hydrogen-bond acceptors (Lipinski definition) is 1. The van der Waals surface area contributed by atoms with Gasteiger partial charge in [-0.2, -0.15) is 0 Å². The van der Waals surface area contributed by atoms with Gasteiger partial charge in [0.25, 0.3) is 0 Å². The van der Waals surface area contributed by atoms with Gasteiger partial charge in [-0.25, -0.2) is 4.21 Å². The highest BCUT2D eigenvalue weighted by atomic mass is 32.2. The third-order valence-electron chi connectivity index (χ3n) is 1.13. The van der Waals surface area contributed by atoms with Crippen molar-refractivity contribution in [2.24, 2.45) is 0 Å². The molecule has 0 aromatic heterocycles. The second kappa shape index (κ2) is 6.96. The van der Waals surface area contributed by atoms with Crippen LogP contribution in [0.3, 0.4) is 0 Å². The van der Waals surface area contributed by atoms with E-state index in [1.54, 1.807) is 6.08 Å². The van der Waals surface area contributed by atoms with E-state index in [1.807, 2.05) is 6.08 Å². The summed E-state index contributed by atoms with van der Waals surface area (Å²) in [4.78, 5) is 0. The molecule has 60 valence electrons. The highest BCUT2D eigenvalue weighted by molar-refractivity contribution is 7.79. The van der Waals surface area contributed by atoms with Crippen molar-refractivity contribution in [3.63, 3.8) is 0 Å². The van der Waals surface area contributed by atoms with Gasteiger partial charge in [0.05, 0.1) is 5.75 Å². The van der Waals surface area contributed by atoms with E-state index >= 15 is 0 Å². The minimum atomic E-state index is -1.66. The maximum absolute atomic E-state index is 10.1. The van der Waals surface area contributed by atoms with Crippen LogP contribution in [-0.2, 0) is 11.1 Å². The Morgan fingerprint density at radius 1 is 1.50 bits per heavy atom. The van der Waals surface area contributed by atoms with Gasteiger partial charge >= 0.3 is 0 Å². The summed E-state index contributed by atoms with van der Waals surface area (Å²) in [5.74, 6) is 0.268. The lowest BCUT2D eigenvalue weighted by molar-refractivity contribution is 0.567. The zero-order valence-electron chi connectivity index (χ0n) is 6.25. The van der Waals surface area contributed by atoms with Crippen molar-refractivity contribution in [2.75, 3.05) is 5.75 Å². The summed E-state index contributed by atoms with van der Waals surface area (Å²) in [5.41, 5.74) is 0. The molecule has 0 saturated carbocycles.